The zero-order valence-electron chi connectivity index (χ0n) is 19.4. The van der Waals surface area contributed by atoms with Crippen molar-refractivity contribution in [3.8, 4) is 11.1 Å². The summed E-state index contributed by atoms with van der Waals surface area (Å²) in [6, 6.07) is 10.4. The zero-order valence-corrected chi connectivity index (χ0v) is 19.4. The van der Waals surface area contributed by atoms with Crippen LogP contribution in [0.2, 0.25) is 0 Å². The van der Waals surface area contributed by atoms with E-state index in [9.17, 15) is 9.59 Å². The number of pyridine rings is 2. The van der Waals surface area contributed by atoms with Gasteiger partial charge in [-0.3, -0.25) is 9.59 Å². The number of rotatable bonds is 5. The molecule has 0 unspecified atom stereocenters. The van der Waals surface area contributed by atoms with Crippen LogP contribution < -0.4 is 22.2 Å². The molecular weight excluding hydrogens is 430 g/mol. The Morgan fingerprint density at radius 2 is 1.88 bits per heavy atom. The van der Waals surface area contributed by atoms with Gasteiger partial charge in [0.05, 0.1) is 18.0 Å². The van der Waals surface area contributed by atoms with Gasteiger partial charge < -0.3 is 20.2 Å². The summed E-state index contributed by atoms with van der Waals surface area (Å²) in [5.74, 6) is 0.415. The first-order chi connectivity index (χ1) is 16.2. The predicted molar refractivity (Wildman–Crippen MR) is 134 cm³/mol. The second-order valence-corrected chi connectivity index (χ2v) is 8.41. The highest BCUT2D eigenvalue weighted by atomic mass is 16.1. The quantitative estimate of drug-likeness (QED) is 0.439. The fourth-order valence-electron chi connectivity index (χ4n) is 4.14. The Balaban J connectivity index is 1.91. The van der Waals surface area contributed by atoms with Crippen LogP contribution in [0.15, 0.2) is 58.5 Å². The molecule has 0 bridgehead atoms. The number of aryl methyl sites for hydroxylation is 1. The van der Waals surface area contributed by atoms with Crippen LogP contribution in [0.5, 0.6) is 0 Å². The molecule has 0 radical (unpaired) electrons. The SMILES string of the molecule is [C-]#[N+]c1c(N)ncnc1N[C@@H](C)c1cc2cccc(-c3ccc(=O)n(C)c3)c2c(=O)n1C(C)C. The number of aromatic nitrogens is 4. The largest absolute Gasteiger partial charge is 0.392 e. The Morgan fingerprint density at radius 3 is 2.56 bits per heavy atom. The summed E-state index contributed by atoms with van der Waals surface area (Å²) < 4.78 is 3.24. The van der Waals surface area contributed by atoms with Crippen molar-refractivity contribution in [3.63, 3.8) is 0 Å². The Morgan fingerprint density at radius 1 is 1.12 bits per heavy atom. The average molecular weight is 456 g/mol. The van der Waals surface area contributed by atoms with Crippen molar-refractivity contribution in [3.05, 3.63) is 86.7 Å². The van der Waals surface area contributed by atoms with E-state index in [-0.39, 0.29) is 34.7 Å². The molecule has 0 aliphatic rings. The van der Waals surface area contributed by atoms with E-state index >= 15 is 0 Å². The zero-order chi connectivity index (χ0) is 24.6. The number of hydrogen-bond acceptors (Lipinski definition) is 6. The van der Waals surface area contributed by atoms with Crippen LogP contribution in [-0.4, -0.2) is 19.1 Å². The highest BCUT2D eigenvalue weighted by Crippen LogP contribution is 2.32. The van der Waals surface area contributed by atoms with Gasteiger partial charge in [-0.25, -0.2) is 14.8 Å². The molecule has 0 aliphatic heterocycles. The molecule has 0 amide bonds. The number of nitrogens with one attached hydrogen (secondary N) is 1. The molecule has 0 saturated carbocycles. The monoisotopic (exact) mass is 455 g/mol. The van der Waals surface area contributed by atoms with Gasteiger partial charge in [0.1, 0.15) is 18.0 Å². The lowest BCUT2D eigenvalue weighted by atomic mass is 9.98. The molecule has 9 heteroatoms. The molecule has 172 valence electrons. The molecule has 1 aromatic carbocycles. The molecule has 9 nitrogen and oxygen atoms in total. The van der Waals surface area contributed by atoms with E-state index in [0.29, 0.717) is 11.2 Å². The summed E-state index contributed by atoms with van der Waals surface area (Å²) in [6.45, 7) is 13.2. The van der Waals surface area contributed by atoms with Crippen LogP contribution in [0.1, 0.15) is 38.5 Å². The van der Waals surface area contributed by atoms with Crippen molar-refractivity contribution in [2.24, 2.45) is 7.05 Å². The second-order valence-electron chi connectivity index (χ2n) is 8.41. The van der Waals surface area contributed by atoms with E-state index in [4.69, 9.17) is 12.3 Å². The van der Waals surface area contributed by atoms with Crippen molar-refractivity contribution >= 4 is 28.1 Å². The Kier molecular flexibility index (Phi) is 5.90. The van der Waals surface area contributed by atoms with Crippen molar-refractivity contribution < 1.29 is 0 Å². The molecule has 34 heavy (non-hydrogen) atoms. The number of hydrogen-bond donors (Lipinski definition) is 2. The third-order valence-electron chi connectivity index (χ3n) is 5.78. The van der Waals surface area contributed by atoms with Crippen LogP contribution in [0, 0.1) is 6.57 Å². The lowest BCUT2D eigenvalue weighted by Crippen LogP contribution is -2.28. The highest BCUT2D eigenvalue weighted by molar-refractivity contribution is 5.96. The molecule has 3 N–H and O–H groups in total. The van der Waals surface area contributed by atoms with Crippen molar-refractivity contribution in [2.75, 3.05) is 11.1 Å². The first kappa shape index (κ1) is 22.7. The molecule has 0 saturated heterocycles. The van der Waals surface area contributed by atoms with E-state index < -0.39 is 0 Å². The van der Waals surface area contributed by atoms with E-state index in [2.05, 4.69) is 20.1 Å². The molecule has 0 aliphatic carbocycles. The lowest BCUT2D eigenvalue weighted by Gasteiger charge is -2.24. The number of nitrogens with two attached hydrogens (primary N) is 1. The first-order valence-corrected chi connectivity index (χ1v) is 10.8. The van der Waals surface area contributed by atoms with Gasteiger partial charge in [-0.2, -0.15) is 0 Å². The van der Waals surface area contributed by atoms with Crippen molar-refractivity contribution in [1.82, 2.24) is 19.1 Å². The maximum atomic E-state index is 13.8. The Labute approximate surface area is 196 Å². The third-order valence-corrected chi connectivity index (χ3v) is 5.78. The van der Waals surface area contributed by atoms with Gasteiger partial charge in [0.2, 0.25) is 5.56 Å². The lowest BCUT2D eigenvalue weighted by molar-refractivity contribution is 0.541. The Bertz CT molecular complexity index is 1560. The summed E-state index contributed by atoms with van der Waals surface area (Å²) in [5, 5.41) is 4.59. The third kappa shape index (κ3) is 3.90. The summed E-state index contributed by atoms with van der Waals surface area (Å²) in [4.78, 5) is 37.2. The number of anilines is 2. The van der Waals surface area contributed by atoms with E-state index in [0.717, 1.165) is 22.2 Å². The number of nitrogen functional groups attached to an aromatic ring is 1. The molecule has 1 atom stereocenters. The van der Waals surface area contributed by atoms with Gasteiger partial charge in [-0.1, -0.05) is 18.2 Å². The summed E-state index contributed by atoms with van der Waals surface area (Å²) >= 11 is 0. The van der Waals surface area contributed by atoms with Crippen LogP contribution in [0.4, 0.5) is 17.3 Å². The average Bonchev–Trinajstić information content (AvgIpc) is 2.80. The fraction of sp³-hybridized carbons (Fsp3) is 0.240. The minimum atomic E-state index is -0.351. The van der Waals surface area contributed by atoms with Crippen LogP contribution in [0.25, 0.3) is 26.7 Å². The molecular formula is C25H25N7O2. The molecule has 3 heterocycles. The number of benzene rings is 1. The van der Waals surface area contributed by atoms with Gasteiger partial charge >= 0.3 is 0 Å². The molecule has 4 aromatic rings. The minimum Gasteiger partial charge on any atom is -0.392 e. The summed E-state index contributed by atoms with van der Waals surface area (Å²) in [7, 11) is 1.69. The van der Waals surface area contributed by atoms with E-state index in [1.807, 2.05) is 45.0 Å². The Hall–Kier alpha value is -4.45. The normalized spacial score (nSPS) is 12.0. The van der Waals surface area contributed by atoms with Gasteiger partial charge in [-0.05, 0) is 49.4 Å². The van der Waals surface area contributed by atoms with Gasteiger partial charge in [0.25, 0.3) is 11.2 Å². The van der Waals surface area contributed by atoms with E-state index in [1.54, 1.807) is 23.9 Å². The van der Waals surface area contributed by atoms with Crippen LogP contribution >= 0.6 is 0 Å². The number of fused-ring (bicyclic) bond motifs is 1. The minimum absolute atomic E-state index is 0.0985. The molecule has 4 rings (SSSR count). The van der Waals surface area contributed by atoms with Crippen LogP contribution in [-0.2, 0) is 7.05 Å². The van der Waals surface area contributed by atoms with E-state index in [1.165, 1.54) is 17.0 Å². The smallest absolute Gasteiger partial charge is 0.268 e. The van der Waals surface area contributed by atoms with Gasteiger partial charge in [0, 0.05) is 31.0 Å². The maximum absolute atomic E-state index is 13.8. The number of nitrogens with zero attached hydrogens (tertiary/aromatic N) is 5. The predicted octanol–water partition coefficient (Wildman–Crippen LogP) is 4.04. The van der Waals surface area contributed by atoms with Gasteiger partial charge in [0.15, 0.2) is 0 Å². The molecule has 3 aromatic heterocycles. The van der Waals surface area contributed by atoms with Crippen molar-refractivity contribution in [2.45, 2.75) is 32.9 Å². The summed E-state index contributed by atoms with van der Waals surface area (Å²) in [5.41, 5.74) is 8.03. The first-order valence-electron chi connectivity index (χ1n) is 10.8. The standard InChI is InChI=1S/C25H25N7O2/c1-14(2)32-19(15(3)30-24-22(27-4)23(26)28-13-29-24)11-16-7-6-8-18(21(16)25(32)34)17-9-10-20(33)31(5)12-17/h6-15H,1-3,5H3,(H3,26,28,29,30)/t15-/m0/s1. The summed E-state index contributed by atoms with van der Waals surface area (Å²) in [6.07, 6.45) is 3.04. The highest BCUT2D eigenvalue weighted by Gasteiger charge is 2.21. The van der Waals surface area contributed by atoms with Gasteiger partial charge in [-0.15, -0.1) is 0 Å². The van der Waals surface area contributed by atoms with Crippen LogP contribution in [0.3, 0.4) is 0 Å². The molecule has 0 fully saturated rings. The molecule has 0 spiro atoms. The topological polar surface area (TPSA) is 112 Å². The van der Waals surface area contributed by atoms with Crippen molar-refractivity contribution in [1.29, 1.82) is 0 Å². The second kappa shape index (κ2) is 8.83. The maximum Gasteiger partial charge on any atom is 0.268 e. The fourth-order valence-corrected chi connectivity index (χ4v) is 4.14.